The first kappa shape index (κ1) is 12.2. The third kappa shape index (κ3) is 3.08. The van der Waals surface area contributed by atoms with Crippen LogP contribution in [0.15, 0.2) is 0 Å². The average Bonchev–Trinajstić information content (AvgIpc) is 2.08. The van der Waals surface area contributed by atoms with Gasteiger partial charge in [-0.15, -0.1) is 11.6 Å². The summed E-state index contributed by atoms with van der Waals surface area (Å²) < 4.78 is 30.4. The predicted molar refractivity (Wildman–Crippen MR) is 56.1 cm³/mol. The highest BCUT2D eigenvalue weighted by Crippen LogP contribution is 2.33. The summed E-state index contributed by atoms with van der Waals surface area (Å²) in [6.07, 6.45) is 2.71. The molecule has 0 atom stereocenters. The van der Waals surface area contributed by atoms with Crippen molar-refractivity contribution in [3.63, 3.8) is 0 Å². The molecule has 14 heavy (non-hydrogen) atoms. The van der Waals surface area contributed by atoms with Crippen molar-refractivity contribution in [2.75, 3.05) is 25.3 Å². The molecule has 0 heterocycles. The van der Waals surface area contributed by atoms with Gasteiger partial charge in [-0.25, -0.2) is 13.1 Å². The molecule has 1 aliphatic carbocycles. The second-order valence-electron chi connectivity index (χ2n) is 3.68. The van der Waals surface area contributed by atoms with Gasteiger partial charge in [0, 0.05) is 18.5 Å². The third-order valence-electron chi connectivity index (χ3n) is 2.49. The first-order valence-corrected chi connectivity index (χ1v) is 6.79. The number of sulfonamides is 1. The molecule has 1 N–H and O–H groups in total. The molecule has 0 unspecified atom stereocenters. The van der Waals surface area contributed by atoms with Crippen LogP contribution in [-0.4, -0.2) is 39.3 Å². The maximum atomic E-state index is 11.5. The van der Waals surface area contributed by atoms with Gasteiger partial charge < -0.3 is 4.74 Å². The van der Waals surface area contributed by atoms with Gasteiger partial charge in [-0.3, -0.25) is 0 Å². The van der Waals surface area contributed by atoms with Crippen molar-refractivity contribution in [1.29, 1.82) is 0 Å². The van der Waals surface area contributed by atoms with Gasteiger partial charge in [0.05, 0.1) is 12.4 Å². The Balaban J connectivity index is 2.49. The van der Waals surface area contributed by atoms with Crippen molar-refractivity contribution in [2.45, 2.75) is 24.8 Å². The van der Waals surface area contributed by atoms with Crippen LogP contribution in [0.1, 0.15) is 19.3 Å². The van der Waals surface area contributed by atoms with E-state index in [2.05, 4.69) is 4.72 Å². The Bertz CT molecular complexity index is 269. The molecule has 1 aliphatic rings. The fourth-order valence-electron chi connectivity index (χ4n) is 1.44. The first-order valence-electron chi connectivity index (χ1n) is 4.60. The average molecular weight is 242 g/mol. The molecule has 4 nitrogen and oxygen atoms in total. The van der Waals surface area contributed by atoms with E-state index >= 15 is 0 Å². The lowest BCUT2D eigenvalue weighted by atomic mass is 9.79. The molecule has 0 saturated heterocycles. The van der Waals surface area contributed by atoms with Crippen LogP contribution >= 0.6 is 11.6 Å². The first-order chi connectivity index (χ1) is 6.54. The van der Waals surface area contributed by atoms with Gasteiger partial charge in [0.2, 0.25) is 10.0 Å². The molecule has 0 bridgehead atoms. The van der Waals surface area contributed by atoms with E-state index in [0.717, 1.165) is 19.3 Å². The Hall–Kier alpha value is 0.160. The van der Waals surface area contributed by atoms with Gasteiger partial charge in [0.15, 0.2) is 0 Å². The van der Waals surface area contributed by atoms with Crippen molar-refractivity contribution in [3.8, 4) is 0 Å². The molecule has 0 radical (unpaired) electrons. The summed E-state index contributed by atoms with van der Waals surface area (Å²) in [6, 6.07) is 0. The van der Waals surface area contributed by atoms with Crippen molar-refractivity contribution < 1.29 is 13.2 Å². The standard InChI is InChI=1S/C8H16ClNO3S/c1-13-5-6-14(11,12)10-8(7-9)3-2-4-8/h10H,2-7H2,1H3. The smallest absolute Gasteiger partial charge is 0.214 e. The molecule has 1 fully saturated rings. The summed E-state index contributed by atoms with van der Waals surface area (Å²) in [6.45, 7) is 0.216. The molecule has 0 aromatic carbocycles. The Labute approximate surface area is 90.0 Å². The Morgan fingerprint density at radius 2 is 2.14 bits per heavy atom. The Morgan fingerprint density at radius 3 is 2.50 bits per heavy atom. The zero-order valence-electron chi connectivity index (χ0n) is 8.25. The van der Waals surface area contributed by atoms with Crippen LogP contribution in [-0.2, 0) is 14.8 Å². The van der Waals surface area contributed by atoms with Crippen molar-refractivity contribution in [3.05, 3.63) is 0 Å². The van der Waals surface area contributed by atoms with Crippen LogP contribution in [0.5, 0.6) is 0 Å². The number of alkyl halides is 1. The molecule has 0 aliphatic heterocycles. The van der Waals surface area contributed by atoms with Crippen LogP contribution in [0.3, 0.4) is 0 Å². The topological polar surface area (TPSA) is 55.4 Å². The van der Waals surface area contributed by atoms with Crippen molar-refractivity contribution >= 4 is 21.6 Å². The maximum Gasteiger partial charge on any atom is 0.214 e. The van der Waals surface area contributed by atoms with Gasteiger partial charge in [-0.05, 0) is 19.3 Å². The number of halogens is 1. The number of ether oxygens (including phenoxy) is 1. The minimum absolute atomic E-state index is 0.00212. The van der Waals surface area contributed by atoms with E-state index in [0.29, 0.717) is 5.88 Å². The Kier molecular flexibility index (Phi) is 4.18. The largest absolute Gasteiger partial charge is 0.384 e. The summed E-state index contributed by atoms with van der Waals surface area (Å²) in [5.41, 5.74) is -0.381. The van der Waals surface area contributed by atoms with E-state index < -0.39 is 10.0 Å². The van der Waals surface area contributed by atoms with Crippen LogP contribution in [0, 0.1) is 0 Å². The van der Waals surface area contributed by atoms with Gasteiger partial charge in [0.25, 0.3) is 0 Å². The van der Waals surface area contributed by atoms with E-state index in [1.807, 2.05) is 0 Å². The fourth-order valence-corrected chi connectivity index (χ4v) is 3.28. The molecule has 0 spiro atoms. The van der Waals surface area contributed by atoms with E-state index in [9.17, 15) is 8.42 Å². The number of nitrogens with one attached hydrogen (secondary N) is 1. The highest BCUT2D eigenvalue weighted by atomic mass is 35.5. The summed E-state index contributed by atoms with van der Waals surface area (Å²) in [5, 5.41) is 0. The summed E-state index contributed by atoms with van der Waals surface area (Å²) >= 11 is 5.74. The Morgan fingerprint density at radius 1 is 1.50 bits per heavy atom. The van der Waals surface area contributed by atoms with Crippen LogP contribution < -0.4 is 4.72 Å². The van der Waals surface area contributed by atoms with Crippen molar-refractivity contribution in [1.82, 2.24) is 4.72 Å². The highest BCUT2D eigenvalue weighted by molar-refractivity contribution is 7.89. The molecule has 0 aromatic rings. The number of rotatable bonds is 6. The van der Waals surface area contributed by atoms with Gasteiger partial charge in [-0.2, -0.15) is 0 Å². The van der Waals surface area contributed by atoms with Crippen LogP contribution in [0.2, 0.25) is 0 Å². The molecule has 1 saturated carbocycles. The molecule has 1 rings (SSSR count). The maximum absolute atomic E-state index is 11.5. The minimum atomic E-state index is -3.23. The van der Waals surface area contributed by atoms with Crippen LogP contribution in [0.4, 0.5) is 0 Å². The third-order valence-corrected chi connectivity index (χ3v) is 4.45. The van der Waals surface area contributed by atoms with E-state index in [4.69, 9.17) is 16.3 Å². The summed E-state index contributed by atoms with van der Waals surface area (Å²) in [4.78, 5) is 0. The summed E-state index contributed by atoms with van der Waals surface area (Å²) in [7, 11) is -1.75. The second-order valence-corrected chi connectivity index (χ2v) is 5.79. The SMILES string of the molecule is COCCS(=O)(=O)NC1(CCl)CCC1. The zero-order chi connectivity index (χ0) is 10.7. The number of hydrogen-bond acceptors (Lipinski definition) is 3. The van der Waals surface area contributed by atoms with Crippen molar-refractivity contribution in [2.24, 2.45) is 0 Å². The van der Waals surface area contributed by atoms with E-state index in [1.165, 1.54) is 7.11 Å². The quantitative estimate of drug-likeness (QED) is 0.697. The lowest BCUT2D eigenvalue weighted by Crippen LogP contribution is -2.55. The molecule has 0 aromatic heterocycles. The van der Waals surface area contributed by atoms with Gasteiger partial charge in [0.1, 0.15) is 0 Å². The minimum Gasteiger partial charge on any atom is -0.384 e. The van der Waals surface area contributed by atoms with E-state index in [-0.39, 0.29) is 17.9 Å². The molecule has 84 valence electrons. The number of hydrogen-bond donors (Lipinski definition) is 1. The van der Waals surface area contributed by atoms with Crippen LogP contribution in [0.25, 0.3) is 0 Å². The highest BCUT2D eigenvalue weighted by Gasteiger charge is 2.39. The number of methoxy groups -OCH3 is 1. The van der Waals surface area contributed by atoms with E-state index in [1.54, 1.807) is 0 Å². The predicted octanol–water partition coefficient (Wildman–Crippen LogP) is 0.714. The zero-order valence-corrected chi connectivity index (χ0v) is 9.83. The molecule has 0 amide bonds. The molecular weight excluding hydrogens is 226 g/mol. The van der Waals surface area contributed by atoms with Gasteiger partial charge in [-0.1, -0.05) is 0 Å². The monoisotopic (exact) mass is 241 g/mol. The fraction of sp³-hybridized carbons (Fsp3) is 1.00. The lowest BCUT2D eigenvalue weighted by Gasteiger charge is -2.40. The lowest BCUT2D eigenvalue weighted by molar-refractivity contribution is 0.214. The normalized spacial score (nSPS) is 20.4. The molecular formula is C8H16ClNO3S. The molecule has 6 heteroatoms. The van der Waals surface area contributed by atoms with Gasteiger partial charge >= 0.3 is 0 Å². The second kappa shape index (κ2) is 4.79. The summed E-state index contributed by atoms with van der Waals surface area (Å²) in [5.74, 6) is 0.349.